The second-order valence-corrected chi connectivity index (χ2v) is 2.56. The molecule has 0 atom stereocenters. The number of aliphatic imine (C=N–C) groups is 1. The maximum Gasteiger partial charge on any atom is 0.0369 e. The smallest absolute Gasteiger partial charge is 0.0369 e. The summed E-state index contributed by atoms with van der Waals surface area (Å²) in [4.78, 5) is 3.99. The fourth-order valence-electron chi connectivity index (χ4n) is 0.519. The fourth-order valence-corrected chi connectivity index (χ4v) is 0.519. The van der Waals surface area contributed by atoms with Crippen LogP contribution in [-0.2, 0) is 0 Å². The Bertz CT molecular complexity index is 152. The Labute approximate surface area is 76.9 Å². The molecule has 0 saturated heterocycles. The number of nitrogens with zero attached hydrogens (tertiary/aromatic N) is 1. The van der Waals surface area contributed by atoms with Gasteiger partial charge in [-0.05, 0) is 18.9 Å². The number of hydrogen-bond donors (Lipinski definition) is 0. The number of allylic oxidation sites excluding steroid dienone is 2. The molecule has 1 heteroatoms. The van der Waals surface area contributed by atoms with Crippen molar-refractivity contribution in [3.63, 3.8) is 0 Å². The predicted molar refractivity (Wildman–Crippen MR) is 58.6 cm³/mol. The molecule has 0 aliphatic rings. The maximum atomic E-state index is 3.99. The van der Waals surface area contributed by atoms with Crippen LogP contribution in [0, 0.1) is 5.92 Å². The summed E-state index contributed by atoms with van der Waals surface area (Å²) < 4.78 is 0. The molecule has 0 aliphatic carbocycles. The second kappa shape index (κ2) is 10.2. The summed E-state index contributed by atoms with van der Waals surface area (Å²) in [6.45, 7) is 13.7. The molecular weight excluding hydrogens is 146 g/mol. The van der Waals surface area contributed by atoms with Crippen LogP contribution in [0.25, 0.3) is 0 Å². The van der Waals surface area contributed by atoms with Crippen LogP contribution in [0.3, 0.4) is 0 Å². The molecule has 0 aromatic rings. The van der Waals surface area contributed by atoms with E-state index in [0.29, 0.717) is 5.92 Å². The van der Waals surface area contributed by atoms with E-state index in [1.165, 1.54) is 0 Å². The topological polar surface area (TPSA) is 12.4 Å². The van der Waals surface area contributed by atoms with Gasteiger partial charge in [-0.15, -0.1) is 0 Å². The van der Waals surface area contributed by atoms with Crippen molar-refractivity contribution in [3.8, 4) is 0 Å². The predicted octanol–water partition coefficient (Wildman–Crippen LogP) is 3.83. The summed E-state index contributed by atoms with van der Waals surface area (Å²) in [5, 5.41) is 0. The van der Waals surface area contributed by atoms with Gasteiger partial charge >= 0.3 is 0 Å². The Kier molecular flexibility index (Phi) is 11.6. The summed E-state index contributed by atoms with van der Waals surface area (Å²) in [6.07, 6.45) is 5.68. The first kappa shape index (κ1) is 13.7. The molecule has 0 aliphatic heterocycles. The third kappa shape index (κ3) is 11.9. The Morgan fingerprint density at radius 2 is 1.83 bits per heavy atom. The molecule has 12 heavy (non-hydrogen) atoms. The van der Waals surface area contributed by atoms with Crippen molar-refractivity contribution >= 4 is 5.71 Å². The van der Waals surface area contributed by atoms with Gasteiger partial charge < -0.3 is 0 Å². The van der Waals surface area contributed by atoms with Gasteiger partial charge in [-0.1, -0.05) is 40.3 Å². The van der Waals surface area contributed by atoms with Crippen molar-refractivity contribution in [3.05, 3.63) is 24.9 Å². The van der Waals surface area contributed by atoms with Crippen molar-refractivity contribution in [2.75, 3.05) is 0 Å². The number of rotatable bonds is 3. The number of hydrogen-bond acceptors (Lipinski definition) is 1. The van der Waals surface area contributed by atoms with Crippen molar-refractivity contribution < 1.29 is 0 Å². The maximum absolute atomic E-state index is 3.99. The van der Waals surface area contributed by atoms with E-state index >= 15 is 0 Å². The zero-order valence-corrected chi connectivity index (χ0v) is 8.96. The lowest BCUT2D eigenvalue weighted by atomic mass is 10.2. The summed E-state index contributed by atoms with van der Waals surface area (Å²) in [5.41, 5.74) is 1.00. The molecule has 0 amide bonds. The highest BCUT2D eigenvalue weighted by molar-refractivity contribution is 5.93. The van der Waals surface area contributed by atoms with Gasteiger partial charge in [0.1, 0.15) is 0 Å². The van der Waals surface area contributed by atoms with Gasteiger partial charge in [0.05, 0.1) is 0 Å². The van der Waals surface area contributed by atoms with Gasteiger partial charge in [0, 0.05) is 11.9 Å². The van der Waals surface area contributed by atoms with E-state index in [4.69, 9.17) is 0 Å². The van der Waals surface area contributed by atoms with Crippen LogP contribution >= 0.6 is 0 Å². The zero-order chi connectivity index (χ0) is 9.98. The Morgan fingerprint density at radius 1 is 1.33 bits per heavy atom. The lowest BCUT2D eigenvalue weighted by molar-refractivity contribution is 0.832. The lowest BCUT2D eigenvalue weighted by Crippen LogP contribution is -1.84. The monoisotopic (exact) mass is 167 g/mol. The van der Waals surface area contributed by atoms with E-state index in [2.05, 4.69) is 31.5 Å². The zero-order valence-electron chi connectivity index (χ0n) is 8.96. The first-order valence-corrected chi connectivity index (χ1v) is 4.50. The highest BCUT2D eigenvalue weighted by atomic mass is 14.7. The normalized spacial score (nSPS) is 11.3. The third-order valence-corrected chi connectivity index (χ3v) is 1.02. The van der Waals surface area contributed by atoms with Crippen LogP contribution in [0.4, 0.5) is 0 Å². The highest BCUT2D eigenvalue weighted by Crippen LogP contribution is 1.93. The van der Waals surface area contributed by atoms with Crippen molar-refractivity contribution in [1.82, 2.24) is 0 Å². The molecule has 0 fully saturated rings. The van der Waals surface area contributed by atoms with Gasteiger partial charge in [0.2, 0.25) is 0 Å². The minimum Gasteiger partial charge on any atom is -0.262 e. The SMILES string of the molecule is C=CN=C(C)/C=C\C(C)C.CC. The van der Waals surface area contributed by atoms with Crippen LogP contribution in [-0.4, -0.2) is 5.71 Å². The van der Waals surface area contributed by atoms with E-state index in [1.54, 1.807) is 6.20 Å². The van der Waals surface area contributed by atoms with Crippen LogP contribution in [0.5, 0.6) is 0 Å². The van der Waals surface area contributed by atoms with Gasteiger partial charge in [-0.3, -0.25) is 4.99 Å². The molecule has 70 valence electrons. The van der Waals surface area contributed by atoms with Crippen LogP contribution in [0.15, 0.2) is 29.9 Å². The molecule has 0 N–H and O–H groups in total. The molecule has 0 spiro atoms. The molecule has 0 radical (unpaired) electrons. The molecule has 0 unspecified atom stereocenters. The molecule has 0 saturated carbocycles. The Hall–Kier alpha value is -0.850. The molecule has 0 heterocycles. The van der Waals surface area contributed by atoms with Gasteiger partial charge in [0.15, 0.2) is 0 Å². The molecule has 0 aromatic heterocycles. The Balaban J connectivity index is 0. The second-order valence-electron chi connectivity index (χ2n) is 2.56. The lowest BCUT2D eigenvalue weighted by Gasteiger charge is -1.92. The Morgan fingerprint density at radius 3 is 2.17 bits per heavy atom. The first-order chi connectivity index (χ1) is 5.66. The van der Waals surface area contributed by atoms with Crippen LogP contribution in [0.1, 0.15) is 34.6 Å². The van der Waals surface area contributed by atoms with Crippen LogP contribution in [0.2, 0.25) is 0 Å². The van der Waals surface area contributed by atoms with Gasteiger partial charge in [-0.25, -0.2) is 0 Å². The van der Waals surface area contributed by atoms with Crippen molar-refractivity contribution in [2.45, 2.75) is 34.6 Å². The van der Waals surface area contributed by atoms with E-state index in [-0.39, 0.29) is 0 Å². The van der Waals surface area contributed by atoms with Crippen molar-refractivity contribution in [2.24, 2.45) is 10.9 Å². The van der Waals surface area contributed by atoms with Gasteiger partial charge in [-0.2, -0.15) is 0 Å². The molecule has 1 nitrogen and oxygen atoms in total. The minimum absolute atomic E-state index is 0.593. The molecule has 0 aromatic carbocycles. The molecule has 0 rings (SSSR count). The summed E-state index contributed by atoms with van der Waals surface area (Å²) in [5.74, 6) is 0.593. The quantitative estimate of drug-likeness (QED) is 0.566. The van der Waals surface area contributed by atoms with E-state index in [0.717, 1.165) is 5.71 Å². The summed E-state index contributed by atoms with van der Waals surface area (Å²) >= 11 is 0. The third-order valence-electron chi connectivity index (χ3n) is 1.02. The standard InChI is InChI=1S/C9H15N.C2H6/c1-5-10-9(4)7-6-8(2)3;1-2/h5-8H,1H2,2-4H3;1-2H3/b7-6-,10-9?;. The molecular formula is C11H21N. The first-order valence-electron chi connectivity index (χ1n) is 4.50. The largest absolute Gasteiger partial charge is 0.262 e. The van der Waals surface area contributed by atoms with Crippen LogP contribution < -0.4 is 0 Å². The summed E-state index contributed by atoms with van der Waals surface area (Å²) in [7, 11) is 0. The van der Waals surface area contributed by atoms with Gasteiger partial charge in [0.25, 0.3) is 0 Å². The van der Waals surface area contributed by atoms with E-state index in [1.807, 2.05) is 26.8 Å². The van der Waals surface area contributed by atoms with Crippen molar-refractivity contribution in [1.29, 1.82) is 0 Å². The average Bonchev–Trinajstić information content (AvgIpc) is 2.05. The summed E-state index contributed by atoms with van der Waals surface area (Å²) in [6, 6.07) is 0. The van der Waals surface area contributed by atoms with E-state index < -0.39 is 0 Å². The van der Waals surface area contributed by atoms with E-state index in [9.17, 15) is 0 Å². The average molecular weight is 167 g/mol. The highest BCUT2D eigenvalue weighted by Gasteiger charge is 1.83. The minimum atomic E-state index is 0.593. The fraction of sp³-hybridized carbons (Fsp3) is 0.545. The molecule has 0 bridgehead atoms.